The number of ether oxygens (including phenoxy) is 1. The number of fused-ring (bicyclic) bond motifs is 1. The zero-order valence-corrected chi connectivity index (χ0v) is 20.7. The van der Waals surface area contributed by atoms with E-state index in [0.29, 0.717) is 24.9 Å². The molecule has 1 spiro atoms. The Labute approximate surface area is 206 Å². The summed E-state index contributed by atoms with van der Waals surface area (Å²) in [6.07, 6.45) is 6.94. The van der Waals surface area contributed by atoms with E-state index >= 15 is 0 Å². The van der Waals surface area contributed by atoms with Crippen LogP contribution in [0.3, 0.4) is 0 Å². The Hall–Kier alpha value is -2.45. The zero-order valence-electron chi connectivity index (χ0n) is 20.7. The van der Waals surface area contributed by atoms with Crippen molar-refractivity contribution < 1.29 is 24.2 Å². The molecule has 3 aliphatic heterocycles. The first-order valence-corrected chi connectivity index (χ1v) is 13.2. The number of hydrogen-bond donors (Lipinski definition) is 3. The number of aliphatic hydroxyl groups is 1. The molecule has 1 aromatic rings. The van der Waals surface area contributed by atoms with Gasteiger partial charge in [-0.25, -0.2) is 0 Å². The SMILES string of the molecule is CC[C@]12CCC3(O1)C(C(=O)NC1CCCCC1)N([C@H](C)CO)C(=O)[C@@H]3[C@H]2C(=O)Nc1ccccc1. The van der Waals surface area contributed by atoms with Gasteiger partial charge in [-0.3, -0.25) is 14.4 Å². The average molecular weight is 484 g/mol. The number of likely N-dealkylation sites (tertiary alicyclic amines) is 1. The van der Waals surface area contributed by atoms with Crippen molar-refractivity contribution in [2.45, 2.75) is 94.5 Å². The smallest absolute Gasteiger partial charge is 0.246 e. The highest BCUT2D eigenvalue weighted by atomic mass is 16.5. The van der Waals surface area contributed by atoms with E-state index in [9.17, 15) is 19.5 Å². The van der Waals surface area contributed by atoms with Gasteiger partial charge in [0, 0.05) is 11.7 Å². The van der Waals surface area contributed by atoms with E-state index in [1.165, 1.54) is 11.3 Å². The van der Waals surface area contributed by atoms with Crippen LogP contribution >= 0.6 is 0 Å². The predicted octanol–water partition coefficient (Wildman–Crippen LogP) is 2.61. The number of anilines is 1. The van der Waals surface area contributed by atoms with Crippen molar-refractivity contribution in [3.8, 4) is 0 Å². The van der Waals surface area contributed by atoms with Gasteiger partial charge < -0.3 is 25.4 Å². The van der Waals surface area contributed by atoms with E-state index in [1.807, 2.05) is 37.3 Å². The van der Waals surface area contributed by atoms with E-state index in [2.05, 4.69) is 10.6 Å². The summed E-state index contributed by atoms with van der Waals surface area (Å²) in [6.45, 7) is 3.47. The van der Waals surface area contributed by atoms with Crippen LogP contribution in [0.15, 0.2) is 30.3 Å². The third-order valence-electron chi connectivity index (χ3n) is 8.88. The quantitative estimate of drug-likeness (QED) is 0.553. The third kappa shape index (κ3) is 3.76. The molecule has 190 valence electrons. The van der Waals surface area contributed by atoms with Crippen molar-refractivity contribution in [1.29, 1.82) is 0 Å². The number of rotatable bonds is 7. The molecular weight excluding hydrogens is 446 g/mol. The topological polar surface area (TPSA) is 108 Å². The maximum absolute atomic E-state index is 14.0. The zero-order chi connectivity index (χ0) is 24.8. The molecule has 35 heavy (non-hydrogen) atoms. The van der Waals surface area contributed by atoms with E-state index < -0.39 is 35.1 Å². The average Bonchev–Trinajstić information content (AvgIpc) is 3.48. The molecule has 0 aromatic heterocycles. The van der Waals surface area contributed by atoms with Crippen molar-refractivity contribution in [1.82, 2.24) is 10.2 Å². The molecule has 4 fully saturated rings. The first kappa shape index (κ1) is 24.3. The molecule has 3 N–H and O–H groups in total. The number of carbonyl (C=O) groups excluding carboxylic acids is 3. The first-order chi connectivity index (χ1) is 16.9. The number of hydrogen-bond acceptors (Lipinski definition) is 5. The van der Waals surface area contributed by atoms with Crippen molar-refractivity contribution in [2.75, 3.05) is 11.9 Å². The Balaban J connectivity index is 1.50. The van der Waals surface area contributed by atoms with Crippen LogP contribution in [0.25, 0.3) is 0 Å². The van der Waals surface area contributed by atoms with Crippen LogP contribution in [-0.2, 0) is 19.1 Å². The lowest BCUT2D eigenvalue weighted by atomic mass is 9.65. The Bertz CT molecular complexity index is 980. The van der Waals surface area contributed by atoms with Gasteiger partial charge in [0.15, 0.2) is 0 Å². The van der Waals surface area contributed by atoms with Crippen LogP contribution in [-0.4, -0.2) is 63.7 Å². The van der Waals surface area contributed by atoms with Gasteiger partial charge in [0.2, 0.25) is 17.7 Å². The minimum Gasteiger partial charge on any atom is -0.394 e. The second-order valence-electron chi connectivity index (χ2n) is 10.8. The number of nitrogens with zero attached hydrogens (tertiary/aromatic N) is 1. The Morgan fingerprint density at radius 1 is 1.14 bits per heavy atom. The molecule has 8 nitrogen and oxygen atoms in total. The summed E-state index contributed by atoms with van der Waals surface area (Å²) in [7, 11) is 0. The summed E-state index contributed by atoms with van der Waals surface area (Å²) < 4.78 is 6.74. The lowest BCUT2D eigenvalue weighted by Crippen LogP contribution is -2.59. The van der Waals surface area contributed by atoms with E-state index in [4.69, 9.17) is 4.74 Å². The van der Waals surface area contributed by atoms with Crippen LogP contribution in [0.1, 0.15) is 65.2 Å². The molecule has 3 heterocycles. The molecule has 5 rings (SSSR count). The molecule has 2 bridgehead atoms. The highest BCUT2D eigenvalue weighted by Gasteiger charge is 2.79. The number of nitrogens with one attached hydrogen (secondary N) is 2. The molecule has 1 saturated carbocycles. The third-order valence-corrected chi connectivity index (χ3v) is 8.88. The number of benzene rings is 1. The van der Waals surface area contributed by atoms with Gasteiger partial charge in [0.25, 0.3) is 0 Å². The second-order valence-corrected chi connectivity index (χ2v) is 10.8. The van der Waals surface area contributed by atoms with Gasteiger partial charge in [-0.05, 0) is 51.2 Å². The minimum absolute atomic E-state index is 0.0870. The molecular formula is C27H37N3O5. The molecule has 1 aromatic carbocycles. The molecule has 6 atom stereocenters. The van der Waals surface area contributed by atoms with Crippen molar-refractivity contribution in [2.24, 2.45) is 11.8 Å². The number of carbonyl (C=O) groups is 3. The summed E-state index contributed by atoms with van der Waals surface area (Å²) in [6, 6.07) is 7.89. The fraction of sp³-hybridized carbons (Fsp3) is 0.667. The van der Waals surface area contributed by atoms with Crippen LogP contribution in [0.5, 0.6) is 0 Å². The van der Waals surface area contributed by atoms with Crippen LogP contribution in [0.2, 0.25) is 0 Å². The lowest BCUT2D eigenvalue weighted by Gasteiger charge is -2.37. The first-order valence-electron chi connectivity index (χ1n) is 13.2. The molecule has 1 aliphatic carbocycles. The monoisotopic (exact) mass is 483 g/mol. The Morgan fingerprint density at radius 3 is 2.51 bits per heavy atom. The predicted molar refractivity (Wildman–Crippen MR) is 130 cm³/mol. The highest BCUT2D eigenvalue weighted by Crippen LogP contribution is 2.64. The summed E-state index contributed by atoms with van der Waals surface area (Å²) in [4.78, 5) is 43.0. The Morgan fingerprint density at radius 2 is 1.86 bits per heavy atom. The van der Waals surface area contributed by atoms with Crippen LogP contribution in [0.4, 0.5) is 5.69 Å². The van der Waals surface area contributed by atoms with E-state index in [0.717, 1.165) is 25.7 Å². The van der Waals surface area contributed by atoms with Crippen molar-refractivity contribution in [3.05, 3.63) is 30.3 Å². The van der Waals surface area contributed by atoms with Crippen molar-refractivity contribution in [3.63, 3.8) is 0 Å². The number of aliphatic hydroxyl groups excluding tert-OH is 1. The summed E-state index contributed by atoms with van der Waals surface area (Å²) in [5.74, 6) is -2.18. The number of amides is 3. The molecule has 3 saturated heterocycles. The minimum atomic E-state index is -1.06. The molecule has 2 unspecified atom stereocenters. The molecule has 4 aliphatic rings. The second kappa shape index (κ2) is 9.21. The molecule has 3 amide bonds. The summed E-state index contributed by atoms with van der Waals surface area (Å²) in [5.41, 5.74) is -1.18. The van der Waals surface area contributed by atoms with E-state index in [-0.39, 0.29) is 30.4 Å². The van der Waals surface area contributed by atoms with Crippen LogP contribution < -0.4 is 10.6 Å². The van der Waals surface area contributed by atoms with Gasteiger partial charge in [-0.2, -0.15) is 0 Å². The van der Waals surface area contributed by atoms with E-state index in [1.54, 1.807) is 6.92 Å². The Kier molecular flexibility index (Phi) is 6.38. The van der Waals surface area contributed by atoms with Gasteiger partial charge in [0.05, 0.1) is 30.1 Å². The largest absolute Gasteiger partial charge is 0.394 e. The van der Waals surface area contributed by atoms with Gasteiger partial charge >= 0.3 is 0 Å². The van der Waals surface area contributed by atoms with Crippen molar-refractivity contribution >= 4 is 23.4 Å². The fourth-order valence-electron chi connectivity index (χ4n) is 7.18. The van der Waals surface area contributed by atoms with Gasteiger partial charge in [-0.1, -0.05) is 44.4 Å². The summed E-state index contributed by atoms with van der Waals surface area (Å²) in [5, 5.41) is 16.2. The molecule has 8 heteroatoms. The fourth-order valence-corrected chi connectivity index (χ4v) is 7.18. The maximum Gasteiger partial charge on any atom is 0.246 e. The highest BCUT2D eigenvalue weighted by molar-refractivity contribution is 6.02. The van der Waals surface area contributed by atoms with Gasteiger partial charge in [-0.15, -0.1) is 0 Å². The standard InChI is InChI=1S/C27H37N3O5/c1-3-26-14-15-27(35-26)21(20(26)23(32)28-18-10-6-4-7-11-18)25(34)30(17(2)16-31)22(27)24(33)29-19-12-8-5-9-13-19/h4,6-7,10-11,17,19-22,31H,3,5,8-9,12-16H2,1-2H3,(H,28,32)(H,29,33)/t17-,20+,21+,22?,26-,27?/m1/s1. The lowest BCUT2D eigenvalue weighted by molar-refractivity contribution is -0.150. The summed E-state index contributed by atoms with van der Waals surface area (Å²) >= 11 is 0. The normalized spacial score (nSPS) is 35.1. The molecule has 0 radical (unpaired) electrons. The van der Waals surface area contributed by atoms with Crippen LogP contribution in [0, 0.1) is 11.8 Å². The number of para-hydroxylation sites is 1. The van der Waals surface area contributed by atoms with Gasteiger partial charge in [0.1, 0.15) is 11.6 Å². The maximum atomic E-state index is 14.0.